The van der Waals surface area contributed by atoms with Crippen LogP contribution in [0.1, 0.15) is 5.56 Å². The lowest BCUT2D eigenvalue weighted by Crippen LogP contribution is -2.37. The van der Waals surface area contributed by atoms with E-state index in [2.05, 4.69) is 30.7 Å². The van der Waals surface area contributed by atoms with E-state index in [1.54, 1.807) is 18.5 Å². The smallest absolute Gasteiger partial charge is 0.406 e. The summed E-state index contributed by atoms with van der Waals surface area (Å²) in [4.78, 5) is 19.6. The summed E-state index contributed by atoms with van der Waals surface area (Å²) in [7, 11) is 0. The fraction of sp³-hybridized carbons (Fsp3) is 0.267. The Bertz CT molecular complexity index is 665. The van der Waals surface area contributed by atoms with Crippen LogP contribution >= 0.6 is 0 Å². The molecular weight excluding hydrogens is 339 g/mol. The molecule has 10 heteroatoms. The molecule has 1 aromatic heterocycles. The molecule has 134 valence electrons. The predicted molar refractivity (Wildman–Crippen MR) is 83.9 cm³/mol. The number of aromatic nitrogens is 2. The summed E-state index contributed by atoms with van der Waals surface area (Å²) in [5.41, 5.74) is 0.639. The molecule has 0 aliphatic heterocycles. The third-order valence-electron chi connectivity index (χ3n) is 2.87. The van der Waals surface area contributed by atoms with Crippen molar-refractivity contribution in [2.75, 3.05) is 18.4 Å². The summed E-state index contributed by atoms with van der Waals surface area (Å²) in [6, 6.07) is 6.55. The fourth-order valence-corrected chi connectivity index (χ4v) is 1.79. The number of nitrogens with zero attached hydrogens (tertiary/aromatic N) is 2. The number of urea groups is 1. The van der Waals surface area contributed by atoms with E-state index < -0.39 is 12.4 Å². The molecule has 2 aromatic rings. The van der Waals surface area contributed by atoms with E-state index in [0.717, 1.165) is 0 Å². The highest BCUT2D eigenvalue weighted by atomic mass is 19.4. The second-order valence-electron chi connectivity index (χ2n) is 4.80. The number of hydrogen-bond donors (Lipinski definition) is 3. The molecule has 7 nitrogen and oxygen atoms in total. The van der Waals surface area contributed by atoms with Gasteiger partial charge in [0.05, 0.1) is 0 Å². The molecule has 2 amide bonds. The van der Waals surface area contributed by atoms with Gasteiger partial charge in [-0.2, -0.15) is 0 Å². The van der Waals surface area contributed by atoms with Gasteiger partial charge in [0.15, 0.2) is 0 Å². The van der Waals surface area contributed by atoms with Crippen molar-refractivity contribution >= 4 is 12.0 Å². The molecule has 2 rings (SSSR count). The summed E-state index contributed by atoms with van der Waals surface area (Å²) in [6.45, 7) is 0.969. The van der Waals surface area contributed by atoms with Crippen molar-refractivity contribution in [3.8, 4) is 5.75 Å². The Labute approximate surface area is 141 Å². The van der Waals surface area contributed by atoms with Crippen LogP contribution in [0.3, 0.4) is 0 Å². The first-order chi connectivity index (χ1) is 11.9. The molecule has 0 radical (unpaired) electrons. The number of anilines is 1. The van der Waals surface area contributed by atoms with Crippen molar-refractivity contribution in [3.63, 3.8) is 0 Å². The minimum atomic E-state index is -4.72. The number of carbonyl (C=O) groups is 1. The molecule has 3 N–H and O–H groups in total. The average Bonchev–Trinajstić information content (AvgIpc) is 2.58. The molecule has 25 heavy (non-hydrogen) atoms. The van der Waals surface area contributed by atoms with Crippen molar-refractivity contribution in [3.05, 3.63) is 48.3 Å². The Morgan fingerprint density at radius 1 is 1.04 bits per heavy atom. The van der Waals surface area contributed by atoms with E-state index in [9.17, 15) is 18.0 Å². The van der Waals surface area contributed by atoms with Crippen LogP contribution in [-0.4, -0.2) is 35.5 Å². The Morgan fingerprint density at radius 2 is 1.72 bits per heavy atom. The van der Waals surface area contributed by atoms with Crippen molar-refractivity contribution in [1.82, 2.24) is 20.6 Å². The van der Waals surface area contributed by atoms with Gasteiger partial charge >= 0.3 is 12.4 Å². The van der Waals surface area contributed by atoms with Crippen LogP contribution in [0.25, 0.3) is 0 Å². The van der Waals surface area contributed by atoms with Crippen molar-refractivity contribution in [1.29, 1.82) is 0 Å². The number of hydrogen-bond acceptors (Lipinski definition) is 5. The second kappa shape index (κ2) is 8.71. The molecule has 1 heterocycles. The highest BCUT2D eigenvalue weighted by Gasteiger charge is 2.30. The molecule has 0 saturated heterocycles. The van der Waals surface area contributed by atoms with E-state index in [1.807, 2.05) is 0 Å². The second-order valence-corrected chi connectivity index (χ2v) is 4.80. The zero-order valence-electron chi connectivity index (χ0n) is 13.0. The first-order valence-electron chi connectivity index (χ1n) is 7.30. The molecule has 0 unspecified atom stereocenters. The maximum absolute atomic E-state index is 12.1. The molecule has 0 spiro atoms. The number of nitrogens with one attached hydrogen (secondary N) is 3. The lowest BCUT2D eigenvalue weighted by atomic mass is 10.2. The van der Waals surface area contributed by atoms with E-state index in [0.29, 0.717) is 24.6 Å². The van der Waals surface area contributed by atoms with E-state index in [-0.39, 0.29) is 12.3 Å². The molecule has 0 fully saturated rings. The maximum Gasteiger partial charge on any atom is 0.573 e. The molecule has 0 aliphatic rings. The van der Waals surface area contributed by atoms with Crippen molar-refractivity contribution in [2.24, 2.45) is 0 Å². The summed E-state index contributed by atoms with van der Waals surface area (Å²) in [5, 5.41) is 8.15. The van der Waals surface area contributed by atoms with Gasteiger partial charge in [-0.25, -0.2) is 14.8 Å². The van der Waals surface area contributed by atoms with Gasteiger partial charge in [-0.3, -0.25) is 0 Å². The van der Waals surface area contributed by atoms with Crippen LogP contribution in [0.2, 0.25) is 0 Å². The SMILES string of the molecule is O=C(NCCNc1ncccn1)NCc1ccc(OC(F)(F)F)cc1. The minimum Gasteiger partial charge on any atom is -0.406 e. The van der Waals surface area contributed by atoms with Gasteiger partial charge < -0.3 is 20.7 Å². The van der Waals surface area contributed by atoms with E-state index >= 15 is 0 Å². The monoisotopic (exact) mass is 355 g/mol. The lowest BCUT2D eigenvalue weighted by molar-refractivity contribution is -0.274. The van der Waals surface area contributed by atoms with Crippen LogP contribution in [0.15, 0.2) is 42.7 Å². The predicted octanol–water partition coefficient (Wildman–Crippen LogP) is 2.29. The van der Waals surface area contributed by atoms with E-state index in [4.69, 9.17) is 0 Å². The maximum atomic E-state index is 12.1. The molecule has 0 atom stereocenters. The van der Waals surface area contributed by atoms with Gasteiger partial charge in [-0.1, -0.05) is 12.1 Å². The third kappa shape index (κ3) is 7.38. The summed E-state index contributed by atoms with van der Waals surface area (Å²) in [6.07, 6.45) is -1.53. The zero-order chi connectivity index (χ0) is 18.1. The molecule has 0 bridgehead atoms. The minimum absolute atomic E-state index is 0.174. The fourth-order valence-electron chi connectivity index (χ4n) is 1.79. The van der Waals surface area contributed by atoms with Crippen LogP contribution < -0.4 is 20.7 Å². The van der Waals surface area contributed by atoms with Gasteiger partial charge in [0.1, 0.15) is 5.75 Å². The average molecular weight is 355 g/mol. The van der Waals surface area contributed by atoms with Gasteiger partial charge in [0.25, 0.3) is 0 Å². The molecule has 0 saturated carbocycles. The Kier molecular flexibility index (Phi) is 6.38. The highest BCUT2D eigenvalue weighted by Crippen LogP contribution is 2.22. The van der Waals surface area contributed by atoms with Crippen LogP contribution in [0.4, 0.5) is 23.9 Å². The number of benzene rings is 1. The van der Waals surface area contributed by atoms with Crippen LogP contribution in [0, 0.1) is 0 Å². The van der Waals surface area contributed by atoms with Crippen LogP contribution in [-0.2, 0) is 6.54 Å². The molecular formula is C15H16F3N5O2. The standard InChI is InChI=1S/C15H16F3N5O2/c16-15(17,18)25-12-4-2-11(3-5-12)10-23-14(24)22-9-8-21-13-19-6-1-7-20-13/h1-7H,8-10H2,(H,19,20,21)(H2,22,23,24). The highest BCUT2D eigenvalue weighted by molar-refractivity contribution is 5.73. The van der Waals surface area contributed by atoms with Gasteiger partial charge in [0, 0.05) is 32.0 Å². The van der Waals surface area contributed by atoms with Crippen LogP contribution in [0.5, 0.6) is 5.75 Å². The number of ether oxygens (including phenoxy) is 1. The summed E-state index contributed by atoms with van der Waals surface area (Å²) >= 11 is 0. The quantitative estimate of drug-likeness (QED) is 0.663. The molecule has 0 aliphatic carbocycles. The zero-order valence-corrected chi connectivity index (χ0v) is 13.0. The Balaban J connectivity index is 1.64. The number of alkyl halides is 3. The van der Waals surface area contributed by atoms with Crippen molar-refractivity contribution < 1.29 is 22.7 Å². The van der Waals surface area contributed by atoms with Gasteiger partial charge in [0.2, 0.25) is 5.95 Å². The van der Waals surface area contributed by atoms with Gasteiger partial charge in [-0.05, 0) is 23.8 Å². The topological polar surface area (TPSA) is 88.2 Å². The van der Waals surface area contributed by atoms with Crippen molar-refractivity contribution in [2.45, 2.75) is 12.9 Å². The van der Waals surface area contributed by atoms with Gasteiger partial charge in [-0.15, -0.1) is 13.2 Å². The summed E-state index contributed by atoms with van der Waals surface area (Å²) < 4.78 is 39.9. The third-order valence-corrected chi connectivity index (χ3v) is 2.87. The first kappa shape index (κ1) is 18.3. The number of rotatable bonds is 7. The number of carbonyl (C=O) groups excluding carboxylic acids is 1. The number of halogens is 3. The summed E-state index contributed by atoms with van der Waals surface area (Å²) in [5.74, 6) is 0.154. The largest absolute Gasteiger partial charge is 0.573 e. The van der Waals surface area contributed by atoms with E-state index in [1.165, 1.54) is 24.3 Å². The molecule has 1 aromatic carbocycles. The normalized spacial score (nSPS) is 10.8. The first-order valence-corrected chi connectivity index (χ1v) is 7.30. The Hall–Kier alpha value is -3.04. The lowest BCUT2D eigenvalue weighted by Gasteiger charge is -2.10. The number of amides is 2. The Morgan fingerprint density at radius 3 is 2.36 bits per heavy atom.